The minimum Gasteiger partial charge on any atom is -0.423 e. The van der Waals surface area contributed by atoms with Gasteiger partial charge >= 0.3 is 0 Å². The van der Waals surface area contributed by atoms with E-state index in [-0.39, 0.29) is 11.7 Å². The summed E-state index contributed by atoms with van der Waals surface area (Å²) in [6.07, 6.45) is 2.00. The second-order valence-electron chi connectivity index (χ2n) is 5.16. The summed E-state index contributed by atoms with van der Waals surface area (Å²) in [5, 5.41) is 14.2. The Bertz CT molecular complexity index is 755. The van der Waals surface area contributed by atoms with Crippen LogP contribution in [0.15, 0.2) is 22.6 Å². The van der Waals surface area contributed by atoms with E-state index in [0.717, 1.165) is 25.9 Å². The van der Waals surface area contributed by atoms with Crippen LogP contribution in [0.25, 0.3) is 11.1 Å². The number of halogens is 1. The fourth-order valence-electron chi connectivity index (χ4n) is 2.73. The van der Waals surface area contributed by atoms with E-state index >= 15 is 0 Å². The Hall–Kier alpha value is -2.51. The van der Waals surface area contributed by atoms with Crippen LogP contribution in [0.4, 0.5) is 10.4 Å². The SMILES string of the molecule is Fc1ccc2oc(N3CCCC(c4nn[nH]n4)C3)nc2c1. The topological polar surface area (TPSA) is 83.7 Å². The van der Waals surface area contributed by atoms with Crippen molar-refractivity contribution in [1.29, 1.82) is 0 Å². The molecule has 1 fully saturated rings. The van der Waals surface area contributed by atoms with E-state index in [4.69, 9.17) is 4.42 Å². The summed E-state index contributed by atoms with van der Waals surface area (Å²) in [5.74, 6) is 0.594. The second-order valence-corrected chi connectivity index (χ2v) is 5.16. The van der Waals surface area contributed by atoms with E-state index in [2.05, 4.69) is 25.6 Å². The highest BCUT2D eigenvalue weighted by molar-refractivity contribution is 5.74. The molecule has 4 rings (SSSR count). The normalized spacial score (nSPS) is 19.3. The molecule has 0 saturated carbocycles. The van der Waals surface area contributed by atoms with Crippen molar-refractivity contribution in [3.05, 3.63) is 29.8 Å². The van der Waals surface area contributed by atoms with Crippen LogP contribution in [0.2, 0.25) is 0 Å². The molecule has 1 aliphatic rings. The Morgan fingerprint density at radius 3 is 3.19 bits per heavy atom. The average Bonchev–Trinajstić information content (AvgIpc) is 3.16. The summed E-state index contributed by atoms with van der Waals surface area (Å²) >= 11 is 0. The van der Waals surface area contributed by atoms with Gasteiger partial charge in [0.15, 0.2) is 11.4 Å². The van der Waals surface area contributed by atoms with Gasteiger partial charge in [-0.1, -0.05) is 5.21 Å². The van der Waals surface area contributed by atoms with Crippen molar-refractivity contribution in [1.82, 2.24) is 25.6 Å². The highest BCUT2D eigenvalue weighted by atomic mass is 19.1. The molecule has 3 aromatic rings. The molecule has 0 amide bonds. The first-order chi connectivity index (χ1) is 10.3. The third kappa shape index (κ3) is 2.22. The zero-order valence-corrected chi connectivity index (χ0v) is 11.2. The lowest BCUT2D eigenvalue weighted by molar-refractivity contribution is 0.457. The molecule has 1 aromatic carbocycles. The summed E-state index contributed by atoms with van der Waals surface area (Å²) in [6.45, 7) is 1.57. The molecule has 0 aliphatic carbocycles. The van der Waals surface area contributed by atoms with Gasteiger partial charge in [0.25, 0.3) is 6.01 Å². The number of aromatic nitrogens is 5. The number of aromatic amines is 1. The molecule has 21 heavy (non-hydrogen) atoms. The summed E-state index contributed by atoms with van der Waals surface area (Å²) in [6, 6.07) is 4.86. The van der Waals surface area contributed by atoms with Gasteiger partial charge in [0.1, 0.15) is 11.3 Å². The van der Waals surface area contributed by atoms with Crippen LogP contribution >= 0.6 is 0 Å². The highest BCUT2D eigenvalue weighted by Crippen LogP contribution is 2.29. The first-order valence-corrected chi connectivity index (χ1v) is 6.84. The van der Waals surface area contributed by atoms with E-state index in [1.807, 2.05) is 4.90 Å². The Morgan fingerprint density at radius 1 is 1.38 bits per heavy atom. The van der Waals surface area contributed by atoms with Gasteiger partial charge in [0, 0.05) is 25.1 Å². The Morgan fingerprint density at radius 2 is 2.33 bits per heavy atom. The van der Waals surface area contributed by atoms with E-state index in [1.54, 1.807) is 6.07 Å². The Kier molecular flexibility index (Phi) is 2.80. The average molecular weight is 288 g/mol. The molecular weight excluding hydrogens is 275 g/mol. The number of hydrogen-bond acceptors (Lipinski definition) is 6. The number of nitrogens with zero attached hydrogens (tertiary/aromatic N) is 5. The Balaban J connectivity index is 1.62. The number of rotatable bonds is 2. The van der Waals surface area contributed by atoms with Crippen LogP contribution in [-0.4, -0.2) is 38.7 Å². The first-order valence-electron chi connectivity index (χ1n) is 6.84. The minimum atomic E-state index is -0.314. The third-order valence-electron chi connectivity index (χ3n) is 3.76. The van der Waals surface area contributed by atoms with E-state index in [1.165, 1.54) is 12.1 Å². The fourth-order valence-corrected chi connectivity index (χ4v) is 2.73. The van der Waals surface area contributed by atoms with E-state index < -0.39 is 0 Å². The molecule has 0 bridgehead atoms. The van der Waals surface area contributed by atoms with Crippen LogP contribution < -0.4 is 4.90 Å². The lowest BCUT2D eigenvalue weighted by Crippen LogP contribution is -2.35. The maximum Gasteiger partial charge on any atom is 0.298 e. The van der Waals surface area contributed by atoms with Crippen molar-refractivity contribution >= 4 is 17.1 Å². The summed E-state index contributed by atoms with van der Waals surface area (Å²) in [5.41, 5.74) is 1.12. The van der Waals surface area contributed by atoms with Gasteiger partial charge in [-0.15, -0.1) is 10.2 Å². The highest BCUT2D eigenvalue weighted by Gasteiger charge is 2.27. The van der Waals surface area contributed by atoms with Crippen LogP contribution in [-0.2, 0) is 0 Å². The minimum absolute atomic E-state index is 0.198. The van der Waals surface area contributed by atoms with Crippen molar-refractivity contribution in [2.75, 3.05) is 18.0 Å². The first kappa shape index (κ1) is 12.2. The van der Waals surface area contributed by atoms with Crippen molar-refractivity contribution in [2.45, 2.75) is 18.8 Å². The molecule has 1 atom stereocenters. The molecule has 0 spiro atoms. The summed E-state index contributed by atoms with van der Waals surface area (Å²) in [4.78, 5) is 6.41. The van der Waals surface area contributed by atoms with Gasteiger partial charge in [-0.25, -0.2) is 4.39 Å². The maximum absolute atomic E-state index is 13.2. The number of nitrogens with one attached hydrogen (secondary N) is 1. The number of tetrazole rings is 1. The molecule has 0 radical (unpaired) electrons. The van der Waals surface area contributed by atoms with Gasteiger partial charge in [0.2, 0.25) is 0 Å². The zero-order valence-electron chi connectivity index (χ0n) is 11.2. The Labute approximate surface area is 119 Å². The molecular formula is C13H13FN6O. The van der Waals surface area contributed by atoms with Crippen molar-refractivity contribution in [3.8, 4) is 0 Å². The van der Waals surface area contributed by atoms with Crippen molar-refractivity contribution < 1.29 is 8.81 Å². The molecule has 1 saturated heterocycles. The number of oxazole rings is 1. The fraction of sp³-hybridized carbons (Fsp3) is 0.385. The van der Waals surface area contributed by atoms with Crippen molar-refractivity contribution in [3.63, 3.8) is 0 Å². The lowest BCUT2D eigenvalue weighted by atomic mass is 9.98. The summed E-state index contributed by atoms with van der Waals surface area (Å²) < 4.78 is 18.9. The molecule has 8 heteroatoms. The van der Waals surface area contributed by atoms with Gasteiger partial charge in [0.05, 0.1) is 0 Å². The second kappa shape index (κ2) is 4.80. The molecule has 2 aromatic heterocycles. The van der Waals surface area contributed by atoms with E-state index in [0.29, 0.717) is 22.9 Å². The number of benzene rings is 1. The van der Waals surface area contributed by atoms with Crippen LogP contribution in [0.1, 0.15) is 24.6 Å². The zero-order chi connectivity index (χ0) is 14.2. The molecule has 108 valence electrons. The molecule has 1 unspecified atom stereocenters. The largest absolute Gasteiger partial charge is 0.423 e. The molecule has 7 nitrogen and oxygen atoms in total. The quantitative estimate of drug-likeness (QED) is 0.775. The van der Waals surface area contributed by atoms with Crippen LogP contribution in [0.3, 0.4) is 0 Å². The monoisotopic (exact) mass is 288 g/mol. The van der Waals surface area contributed by atoms with E-state index in [9.17, 15) is 4.39 Å². The number of hydrogen-bond donors (Lipinski definition) is 1. The predicted molar refractivity (Wildman–Crippen MR) is 72.3 cm³/mol. The summed E-state index contributed by atoms with van der Waals surface area (Å²) in [7, 11) is 0. The van der Waals surface area contributed by atoms with Gasteiger partial charge in [-0.3, -0.25) is 0 Å². The number of H-pyrrole nitrogens is 1. The molecule has 1 N–H and O–H groups in total. The van der Waals surface area contributed by atoms with Crippen molar-refractivity contribution in [2.24, 2.45) is 0 Å². The van der Waals surface area contributed by atoms with Crippen LogP contribution in [0, 0.1) is 5.82 Å². The smallest absolute Gasteiger partial charge is 0.298 e. The van der Waals surface area contributed by atoms with Crippen LogP contribution in [0.5, 0.6) is 0 Å². The standard InChI is InChI=1S/C13H13FN6O/c14-9-3-4-11-10(6-9)15-13(21-11)20-5-1-2-8(7-20)12-16-18-19-17-12/h3-4,6,8H,1-2,5,7H2,(H,16,17,18,19). The van der Waals surface area contributed by atoms with Gasteiger partial charge in [-0.05, 0) is 25.0 Å². The third-order valence-corrected chi connectivity index (χ3v) is 3.76. The lowest BCUT2D eigenvalue weighted by Gasteiger charge is -2.29. The maximum atomic E-state index is 13.2. The number of piperidine rings is 1. The number of fused-ring (bicyclic) bond motifs is 1. The van der Waals surface area contributed by atoms with Gasteiger partial charge < -0.3 is 9.32 Å². The molecule has 3 heterocycles. The number of anilines is 1. The predicted octanol–water partition coefficient (Wildman–Crippen LogP) is 1.86. The molecule has 1 aliphatic heterocycles. The van der Waals surface area contributed by atoms with Gasteiger partial charge in [-0.2, -0.15) is 10.2 Å².